The molecule has 0 aromatic carbocycles. The van der Waals surface area contributed by atoms with Crippen LogP contribution in [0, 0.1) is 6.92 Å². The average molecular weight is 310 g/mol. The van der Waals surface area contributed by atoms with Crippen molar-refractivity contribution >= 4 is 23.7 Å². The lowest BCUT2D eigenvalue weighted by atomic mass is 9.98. The van der Waals surface area contributed by atoms with Crippen LogP contribution in [0.25, 0.3) is 0 Å². The third kappa shape index (κ3) is 4.03. The second-order valence-corrected chi connectivity index (χ2v) is 7.42. The fourth-order valence-electron chi connectivity index (χ4n) is 2.35. The third-order valence-electron chi connectivity index (χ3n) is 3.45. The van der Waals surface area contributed by atoms with Crippen LogP contribution in [0.15, 0.2) is 0 Å². The molecule has 0 spiro atoms. The van der Waals surface area contributed by atoms with Gasteiger partial charge >= 0.3 is 6.09 Å². The molecule has 1 fully saturated rings. The molecule has 116 valence electrons. The minimum absolute atomic E-state index is 0.246. The van der Waals surface area contributed by atoms with Crippen LogP contribution < -0.4 is 0 Å². The summed E-state index contributed by atoms with van der Waals surface area (Å²) in [6, 6.07) is 0. The molecule has 1 aromatic rings. The smallest absolute Gasteiger partial charge is 0.410 e. The first-order valence-electron chi connectivity index (χ1n) is 7.20. The number of piperidine rings is 1. The van der Waals surface area contributed by atoms with Gasteiger partial charge in [0.15, 0.2) is 6.29 Å². The highest BCUT2D eigenvalue weighted by Crippen LogP contribution is 2.32. The topological polar surface area (TPSA) is 59.5 Å². The summed E-state index contributed by atoms with van der Waals surface area (Å²) in [5.41, 5.74) is 0.346. The Labute approximate surface area is 129 Å². The average Bonchev–Trinajstić information content (AvgIpc) is 2.78. The van der Waals surface area contributed by atoms with E-state index in [1.807, 2.05) is 27.7 Å². The molecule has 1 aliphatic rings. The maximum atomic E-state index is 12.0. The van der Waals surface area contributed by atoms with E-state index in [9.17, 15) is 9.59 Å². The molecule has 2 heterocycles. The van der Waals surface area contributed by atoms with E-state index in [1.54, 1.807) is 4.90 Å². The minimum atomic E-state index is -0.459. The lowest BCUT2D eigenvalue weighted by molar-refractivity contribution is 0.0204. The largest absolute Gasteiger partial charge is 0.444 e. The summed E-state index contributed by atoms with van der Waals surface area (Å²) < 4.78 is 5.39. The highest BCUT2D eigenvalue weighted by Gasteiger charge is 2.29. The maximum absolute atomic E-state index is 12.0. The Balaban J connectivity index is 1.93. The number of likely N-dealkylation sites (tertiary alicyclic amines) is 1. The lowest BCUT2D eigenvalue weighted by Gasteiger charge is -2.32. The molecule has 6 heteroatoms. The van der Waals surface area contributed by atoms with E-state index in [-0.39, 0.29) is 6.09 Å². The Bertz CT molecular complexity index is 526. The fraction of sp³-hybridized carbons (Fsp3) is 0.667. The SMILES string of the molecule is Cc1nc(C2CCN(C(=O)OC(C)(C)C)CC2)sc1C=O. The van der Waals surface area contributed by atoms with Gasteiger partial charge in [0.05, 0.1) is 15.6 Å². The Hall–Kier alpha value is -1.43. The molecule has 2 rings (SSSR count). The lowest BCUT2D eigenvalue weighted by Crippen LogP contribution is -2.41. The molecule has 0 unspecified atom stereocenters. The van der Waals surface area contributed by atoms with Crippen LogP contribution >= 0.6 is 11.3 Å². The van der Waals surface area contributed by atoms with E-state index in [0.717, 1.165) is 29.8 Å². The van der Waals surface area contributed by atoms with Crippen molar-refractivity contribution in [2.75, 3.05) is 13.1 Å². The first-order chi connectivity index (χ1) is 9.80. The molecule has 1 aromatic heterocycles. The van der Waals surface area contributed by atoms with E-state index in [0.29, 0.717) is 23.9 Å². The molecule has 1 amide bonds. The summed E-state index contributed by atoms with van der Waals surface area (Å²) >= 11 is 1.47. The molecule has 0 atom stereocenters. The number of nitrogens with zero attached hydrogens (tertiary/aromatic N) is 2. The molecule has 0 saturated carbocycles. The third-order valence-corrected chi connectivity index (χ3v) is 4.70. The Kier molecular flexibility index (Phi) is 4.66. The van der Waals surface area contributed by atoms with E-state index < -0.39 is 5.60 Å². The first-order valence-corrected chi connectivity index (χ1v) is 8.02. The quantitative estimate of drug-likeness (QED) is 0.786. The summed E-state index contributed by atoms with van der Waals surface area (Å²) in [7, 11) is 0. The number of carbonyl (C=O) groups is 2. The van der Waals surface area contributed by atoms with Crippen LogP contribution in [-0.4, -0.2) is 41.0 Å². The van der Waals surface area contributed by atoms with Crippen molar-refractivity contribution in [1.82, 2.24) is 9.88 Å². The molecular weight excluding hydrogens is 288 g/mol. The van der Waals surface area contributed by atoms with Gasteiger partial charge in [0.25, 0.3) is 0 Å². The normalized spacial score (nSPS) is 16.9. The number of aldehydes is 1. The van der Waals surface area contributed by atoms with Crippen LogP contribution in [0.3, 0.4) is 0 Å². The number of carbonyl (C=O) groups excluding carboxylic acids is 2. The second kappa shape index (κ2) is 6.13. The van der Waals surface area contributed by atoms with Crippen molar-refractivity contribution in [3.8, 4) is 0 Å². The Morgan fingerprint density at radius 3 is 2.48 bits per heavy atom. The van der Waals surface area contributed by atoms with Crippen molar-refractivity contribution in [2.45, 2.75) is 52.1 Å². The fourth-order valence-corrected chi connectivity index (χ4v) is 3.40. The molecule has 5 nitrogen and oxygen atoms in total. The highest BCUT2D eigenvalue weighted by atomic mass is 32.1. The van der Waals surface area contributed by atoms with Gasteiger partial charge in [0, 0.05) is 19.0 Å². The van der Waals surface area contributed by atoms with E-state index in [1.165, 1.54) is 11.3 Å². The van der Waals surface area contributed by atoms with Gasteiger partial charge in [-0.3, -0.25) is 4.79 Å². The van der Waals surface area contributed by atoms with Gasteiger partial charge in [0.2, 0.25) is 0 Å². The molecule has 0 aliphatic carbocycles. The highest BCUT2D eigenvalue weighted by molar-refractivity contribution is 7.13. The van der Waals surface area contributed by atoms with Gasteiger partial charge in [-0.2, -0.15) is 0 Å². The van der Waals surface area contributed by atoms with Crippen LogP contribution in [0.1, 0.15) is 59.9 Å². The second-order valence-electron chi connectivity index (χ2n) is 6.36. The predicted molar refractivity (Wildman–Crippen MR) is 82.0 cm³/mol. The molecule has 21 heavy (non-hydrogen) atoms. The minimum Gasteiger partial charge on any atom is -0.444 e. The van der Waals surface area contributed by atoms with Gasteiger partial charge in [-0.1, -0.05) is 0 Å². The number of amides is 1. The van der Waals surface area contributed by atoms with Crippen molar-refractivity contribution < 1.29 is 14.3 Å². The van der Waals surface area contributed by atoms with Gasteiger partial charge in [-0.05, 0) is 40.5 Å². The predicted octanol–water partition coefficient (Wildman–Crippen LogP) is 3.38. The van der Waals surface area contributed by atoms with E-state index in [4.69, 9.17) is 4.74 Å². The Morgan fingerprint density at radius 2 is 2.00 bits per heavy atom. The number of hydrogen-bond donors (Lipinski definition) is 0. The zero-order chi connectivity index (χ0) is 15.6. The van der Waals surface area contributed by atoms with Crippen LogP contribution in [0.4, 0.5) is 4.79 Å². The molecular formula is C15H22N2O3S. The zero-order valence-electron chi connectivity index (χ0n) is 13.0. The number of ether oxygens (including phenoxy) is 1. The Morgan fingerprint density at radius 1 is 1.38 bits per heavy atom. The zero-order valence-corrected chi connectivity index (χ0v) is 13.8. The van der Waals surface area contributed by atoms with Gasteiger partial charge in [-0.15, -0.1) is 11.3 Å². The number of aryl methyl sites for hydroxylation is 1. The summed E-state index contributed by atoms with van der Waals surface area (Å²) in [4.78, 5) is 29.9. The molecule has 0 bridgehead atoms. The van der Waals surface area contributed by atoms with Crippen molar-refractivity contribution in [3.63, 3.8) is 0 Å². The van der Waals surface area contributed by atoms with Gasteiger partial charge in [-0.25, -0.2) is 9.78 Å². The van der Waals surface area contributed by atoms with E-state index in [2.05, 4.69) is 4.98 Å². The van der Waals surface area contributed by atoms with Gasteiger partial charge < -0.3 is 9.64 Å². The van der Waals surface area contributed by atoms with Crippen molar-refractivity contribution in [2.24, 2.45) is 0 Å². The van der Waals surface area contributed by atoms with Crippen LogP contribution in [0.5, 0.6) is 0 Å². The summed E-state index contributed by atoms with van der Waals surface area (Å²) in [6.07, 6.45) is 2.35. The van der Waals surface area contributed by atoms with Crippen LogP contribution in [0.2, 0.25) is 0 Å². The number of aromatic nitrogens is 1. The standard InChI is InChI=1S/C15H22N2O3S/c1-10-12(9-18)21-13(16-10)11-5-7-17(8-6-11)14(19)20-15(2,3)4/h9,11H,5-8H2,1-4H3. The molecule has 1 saturated heterocycles. The molecule has 1 aliphatic heterocycles. The maximum Gasteiger partial charge on any atom is 0.410 e. The summed E-state index contributed by atoms with van der Waals surface area (Å²) in [6.45, 7) is 8.83. The summed E-state index contributed by atoms with van der Waals surface area (Å²) in [5.74, 6) is 0.334. The van der Waals surface area contributed by atoms with E-state index >= 15 is 0 Å². The molecule has 0 N–H and O–H groups in total. The number of thiazole rings is 1. The molecule has 0 radical (unpaired) electrons. The first kappa shape index (κ1) is 15.9. The number of rotatable bonds is 2. The number of hydrogen-bond acceptors (Lipinski definition) is 5. The summed E-state index contributed by atoms with van der Waals surface area (Å²) in [5, 5.41) is 1.01. The van der Waals surface area contributed by atoms with Crippen molar-refractivity contribution in [1.29, 1.82) is 0 Å². The van der Waals surface area contributed by atoms with Crippen molar-refractivity contribution in [3.05, 3.63) is 15.6 Å². The monoisotopic (exact) mass is 310 g/mol. The van der Waals surface area contributed by atoms with Gasteiger partial charge in [0.1, 0.15) is 5.60 Å². The van der Waals surface area contributed by atoms with Crippen LogP contribution in [-0.2, 0) is 4.74 Å².